The highest BCUT2D eigenvalue weighted by atomic mass is 16.5. The van der Waals surface area contributed by atoms with E-state index in [-0.39, 0.29) is 11.5 Å². The lowest BCUT2D eigenvalue weighted by molar-refractivity contribution is 0.0261. The molecule has 1 aromatic rings. The van der Waals surface area contributed by atoms with Gasteiger partial charge in [0.25, 0.3) is 0 Å². The Kier molecular flexibility index (Phi) is 3.64. The molecule has 1 aromatic carbocycles. The van der Waals surface area contributed by atoms with Crippen molar-refractivity contribution in [2.75, 3.05) is 19.7 Å². The van der Waals surface area contributed by atoms with E-state index < -0.39 is 0 Å². The quantitative estimate of drug-likeness (QED) is 0.804. The number of phenols is 1. The molecule has 1 heterocycles. The van der Waals surface area contributed by atoms with Crippen LogP contribution in [0.3, 0.4) is 0 Å². The molecule has 1 saturated heterocycles. The Morgan fingerprint density at radius 2 is 2.06 bits per heavy atom. The van der Waals surface area contributed by atoms with Crippen molar-refractivity contribution < 1.29 is 9.84 Å². The first-order valence-electron chi connectivity index (χ1n) is 6.56. The molecule has 1 unspecified atom stereocenters. The number of nitrogens with one attached hydrogen (secondary N) is 1. The van der Waals surface area contributed by atoms with Crippen LogP contribution >= 0.6 is 0 Å². The SMILES string of the molecule is Cc1cc(C2CNCCO2)c(O)c(C(C)(C)C)c1. The third-order valence-corrected chi connectivity index (χ3v) is 3.37. The molecule has 3 nitrogen and oxygen atoms in total. The zero-order valence-corrected chi connectivity index (χ0v) is 11.7. The summed E-state index contributed by atoms with van der Waals surface area (Å²) in [5.41, 5.74) is 3.01. The van der Waals surface area contributed by atoms with Crippen molar-refractivity contribution in [2.45, 2.75) is 39.2 Å². The highest BCUT2D eigenvalue weighted by Crippen LogP contribution is 2.38. The van der Waals surface area contributed by atoms with E-state index in [0.29, 0.717) is 12.4 Å². The van der Waals surface area contributed by atoms with Crippen LogP contribution in [0.4, 0.5) is 0 Å². The maximum absolute atomic E-state index is 10.5. The van der Waals surface area contributed by atoms with Crippen LogP contribution in [-0.4, -0.2) is 24.8 Å². The van der Waals surface area contributed by atoms with Gasteiger partial charge in [0.15, 0.2) is 0 Å². The van der Waals surface area contributed by atoms with Crippen LogP contribution in [0.5, 0.6) is 5.75 Å². The molecule has 0 aromatic heterocycles. The van der Waals surface area contributed by atoms with Gasteiger partial charge < -0.3 is 15.2 Å². The second-order valence-corrected chi connectivity index (χ2v) is 6.06. The van der Waals surface area contributed by atoms with Gasteiger partial charge >= 0.3 is 0 Å². The topological polar surface area (TPSA) is 41.5 Å². The van der Waals surface area contributed by atoms with Gasteiger partial charge in [0.1, 0.15) is 5.75 Å². The average molecular weight is 249 g/mol. The Morgan fingerprint density at radius 1 is 1.33 bits per heavy atom. The van der Waals surface area contributed by atoms with E-state index in [0.717, 1.165) is 24.2 Å². The van der Waals surface area contributed by atoms with Gasteiger partial charge in [0.2, 0.25) is 0 Å². The Labute approximate surface area is 109 Å². The fourth-order valence-electron chi connectivity index (χ4n) is 2.39. The molecule has 0 bridgehead atoms. The number of aromatic hydroxyl groups is 1. The molecule has 0 saturated carbocycles. The fourth-order valence-corrected chi connectivity index (χ4v) is 2.39. The van der Waals surface area contributed by atoms with Gasteiger partial charge in [0.05, 0.1) is 12.7 Å². The molecule has 2 N–H and O–H groups in total. The molecule has 0 aliphatic carbocycles. The fraction of sp³-hybridized carbons (Fsp3) is 0.600. The average Bonchev–Trinajstić information content (AvgIpc) is 2.31. The van der Waals surface area contributed by atoms with Crippen LogP contribution in [0.25, 0.3) is 0 Å². The number of hydrogen-bond donors (Lipinski definition) is 2. The summed E-state index contributed by atoms with van der Waals surface area (Å²) >= 11 is 0. The first-order valence-corrected chi connectivity index (χ1v) is 6.56. The number of ether oxygens (including phenoxy) is 1. The van der Waals surface area contributed by atoms with E-state index in [1.54, 1.807) is 0 Å². The van der Waals surface area contributed by atoms with Crippen LogP contribution in [0.1, 0.15) is 43.6 Å². The van der Waals surface area contributed by atoms with Crippen LogP contribution in [0.15, 0.2) is 12.1 Å². The smallest absolute Gasteiger partial charge is 0.125 e. The van der Waals surface area contributed by atoms with E-state index in [2.05, 4.69) is 39.1 Å². The van der Waals surface area contributed by atoms with Crippen LogP contribution in [0, 0.1) is 6.92 Å². The Bertz CT molecular complexity index is 429. The summed E-state index contributed by atoms with van der Waals surface area (Å²) in [6, 6.07) is 4.09. The highest BCUT2D eigenvalue weighted by Gasteiger charge is 2.25. The number of rotatable bonds is 1. The number of benzene rings is 1. The largest absolute Gasteiger partial charge is 0.507 e. The third kappa shape index (κ3) is 2.68. The Hall–Kier alpha value is -1.06. The third-order valence-electron chi connectivity index (χ3n) is 3.37. The monoisotopic (exact) mass is 249 g/mol. The molecule has 18 heavy (non-hydrogen) atoms. The summed E-state index contributed by atoms with van der Waals surface area (Å²) in [4.78, 5) is 0. The van der Waals surface area contributed by atoms with Crippen LogP contribution < -0.4 is 5.32 Å². The van der Waals surface area contributed by atoms with Crippen LogP contribution in [0.2, 0.25) is 0 Å². The van der Waals surface area contributed by atoms with Crippen molar-refractivity contribution in [1.82, 2.24) is 5.32 Å². The minimum absolute atomic E-state index is 0.0419. The normalized spacial score (nSPS) is 21.0. The predicted octanol–water partition coefficient (Wildman–Crippen LogP) is 2.66. The van der Waals surface area contributed by atoms with Crippen molar-refractivity contribution in [3.8, 4) is 5.75 Å². The minimum atomic E-state index is -0.0626. The van der Waals surface area contributed by atoms with Crippen molar-refractivity contribution in [3.63, 3.8) is 0 Å². The maximum atomic E-state index is 10.5. The van der Waals surface area contributed by atoms with E-state index >= 15 is 0 Å². The lowest BCUT2D eigenvalue weighted by Crippen LogP contribution is -2.33. The van der Waals surface area contributed by atoms with Crippen LogP contribution in [-0.2, 0) is 10.2 Å². The van der Waals surface area contributed by atoms with E-state index in [1.807, 2.05) is 6.07 Å². The second-order valence-electron chi connectivity index (χ2n) is 6.06. The maximum Gasteiger partial charge on any atom is 0.125 e. The van der Waals surface area contributed by atoms with Gasteiger partial charge in [0, 0.05) is 18.7 Å². The Morgan fingerprint density at radius 3 is 2.61 bits per heavy atom. The highest BCUT2D eigenvalue weighted by molar-refractivity contribution is 5.48. The number of phenolic OH excluding ortho intramolecular Hbond substituents is 1. The summed E-state index contributed by atoms with van der Waals surface area (Å²) < 4.78 is 5.74. The summed E-state index contributed by atoms with van der Waals surface area (Å²) in [5, 5.41) is 13.8. The molecule has 1 atom stereocenters. The number of morpholine rings is 1. The van der Waals surface area contributed by atoms with Gasteiger partial charge in [-0.15, -0.1) is 0 Å². The number of hydrogen-bond acceptors (Lipinski definition) is 3. The summed E-state index contributed by atoms with van der Waals surface area (Å²) in [6.45, 7) is 10.8. The summed E-state index contributed by atoms with van der Waals surface area (Å²) in [7, 11) is 0. The predicted molar refractivity (Wildman–Crippen MR) is 73.1 cm³/mol. The first kappa shape index (κ1) is 13.4. The molecule has 1 fully saturated rings. The second kappa shape index (κ2) is 4.90. The zero-order chi connectivity index (χ0) is 13.3. The molecule has 0 spiro atoms. The molecule has 2 rings (SSSR count). The lowest BCUT2D eigenvalue weighted by Gasteiger charge is -2.28. The van der Waals surface area contributed by atoms with Gasteiger partial charge in [-0.2, -0.15) is 0 Å². The van der Waals surface area contributed by atoms with Crippen molar-refractivity contribution in [1.29, 1.82) is 0 Å². The van der Waals surface area contributed by atoms with Gasteiger partial charge in [-0.05, 0) is 24.0 Å². The molecule has 0 radical (unpaired) electrons. The van der Waals surface area contributed by atoms with Gasteiger partial charge in [-0.1, -0.05) is 32.4 Å². The number of aryl methyl sites for hydroxylation is 1. The zero-order valence-electron chi connectivity index (χ0n) is 11.7. The molecule has 1 aliphatic rings. The van der Waals surface area contributed by atoms with Crippen molar-refractivity contribution in [3.05, 3.63) is 28.8 Å². The van der Waals surface area contributed by atoms with E-state index in [4.69, 9.17) is 4.74 Å². The van der Waals surface area contributed by atoms with Crippen molar-refractivity contribution in [2.24, 2.45) is 0 Å². The van der Waals surface area contributed by atoms with Gasteiger partial charge in [-0.3, -0.25) is 0 Å². The molecular weight excluding hydrogens is 226 g/mol. The Balaban J connectivity index is 2.44. The van der Waals surface area contributed by atoms with Gasteiger partial charge in [-0.25, -0.2) is 0 Å². The van der Waals surface area contributed by atoms with E-state index in [1.165, 1.54) is 5.56 Å². The van der Waals surface area contributed by atoms with E-state index in [9.17, 15) is 5.11 Å². The summed E-state index contributed by atoms with van der Waals surface area (Å²) in [6.07, 6.45) is -0.0419. The first-order chi connectivity index (χ1) is 8.39. The minimum Gasteiger partial charge on any atom is -0.507 e. The molecule has 0 amide bonds. The molecular formula is C15H23NO2. The molecule has 100 valence electrons. The molecule has 3 heteroatoms. The summed E-state index contributed by atoms with van der Waals surface area (Å²) in [5.74, 6) is 0.391. The molecule has 1 aliphatic heterocycles. The lowest BCUT2D eigenvalue weighted by atomic mass is 9.83. The standard InChI is InChI=1S/C15H23NO2/c1-10-7-11(13-9-16-5-6-18-13)14(17)12(8-10)15(2,3)4/h7-8,13,16-17H,5-6,9H2,1-4H3. The van der Waals surface area contributed by atoms with Crippen molar-refractivity contribution >= 4 is 0 Å².